The Morgan fingerprint density at radius 3 is 1.55 bits per heavy atom. The lowest BCUT2D eigenvalue weighted by molar-refractivity contribution is 1.72. The first-order valence-electron chi connectivity index (χ1n) is 13.3. The summed E-state index contributed by atoms with van der Waals surface area (Å²) in [5, 5.41) is 18.4. The molecule has 0 heterocycles. The Bertz CT molecular complexity index is 2380. The molecule has 0 saturated heterocycles. The summed E-state index contributed by atoms with van der Waals surface area (Å²) in [6.45, 7) is 0. The van der Waals surface area contributed by atoms with Crippen LogP contribution in [0.3, 0.4) is 0 Å². The van der Waals surface area contributed by atoms with Gasteiger partial charge in [0.25, 0.3) is 0 Å². The number of benzene rings is 9. The largest absolute Gasteiger partial charge is 0.0616 e. The first-order valence-corrected chi connectivity index (χ1v) is 13.3. The van der Waals surface area contributed by atoms with Crippen LogP contribution in [0.4, 0.5) is 0 Å². The van der Waals surface area contributed by atoms with Crippen molar-refractivity contribution in [3.05, 3.63) is 133 Å². The van der Waals surface area contributed by atoms with Crippen LogP contribution in [-0.4, -0.2) is 0 Å². The van der Waals surface area contributed by atoms with Gasteiger partial charge < -0.3 is 0 Å². The van der Waals surface area contributed by atoms with Gasteiger partial charge in [-0.05, 0) is 111 Å². The monoisotopic (exact) mass is 478 g/mol. The average Bonchev–Trinajstić information content (AvgIpc) is 2.97. The molecule has 0 aromatic heterocycles. The van der Waals surface area contributed by atoms with Crippen LogP contribution in [0.2, 0.25) is 0 Å². The lowest BCUT2D eigenvalue weighted by atomic mass is 9.85. The minimum Gasteiger partial charge on any atom is -0.0616 e. The van der Waals surface area contributed by atoms with Crippen molar-refractivity contribution in [3.8, 4) is 11.1 Å². The quantitative estimate of drug-likeness (QED) is 0.163. The Morgan fingerprint density at radius 1 is 0.237 bits per heavy atom. The topological polar surface area (TPSA) is 0 Å². The van der Waals surface area contributed by atoms with Gasteiger partial charge in [-0.2, -0.15) is 0 Å². The van der Waals surface area contributed by atoms with E-state index >= 15 is 0 Å². The van der Waals surface area contributed by atoms with E-state index in [1.807, 2.05) is 0 Å². The maximum Gasteiger partial charge on any atom is -0.00139 e. The summed E-state index contributed by atoms with van der Waals surface area (Å²) in [5.74, 6) is 0. The van der Waals surface area contributed by atoms with E-state index in [1.54, 1.807) is 0 Å². The van der Waals surface area contributed by atoms with Crippen LogP contribution >= 0.6 is 0 Å². The zero-order chi connectivity index (χ0) is 24.8. The van der Waals surface area contributed by atoms with Crippen molar-refractivity contribution in [2.24, 2.45) is 0 Å². The molecule has 0 spiro atoms. The Labute approximate surface area is 219 Å². The maximum atomic E-state index is 2.40. The molecule has 0 unspecified atom stereocenters. The molecule has 0 atom stereocenters. The molecular weight excluding hydrogens is 456 g/mol. The summed E-state index contributed by atoms with van der Waals surface area (Å²) in [7, 11) is 0. The van der Waals surface area contributed by atoms with Crippen molar-refractivity contribution in [3.63, 3.8) is 0 Å². The summed E-state index contributed by atoms with van der Waals surface area (Å²) in [6, 6.07) is 49.7. The summed E-state index contributed by atoms with van der Waals surface area (Å²) in [5.41, 5.74) is 2.60. The van der Waals surface area contributed by atoms with E-state index in [2.05, 4.69) is 133 Å². The van der Waals surface area contributed by atoms with Gasteiger partial charge in [-0.1, -0.05) is 109 Å². The Hall–Kier alpha value is -4.94. The van der Waals surface area contributed by atoms with Gasteiger partial charge in [-0.3, -0.25) is 0 Å². The van der Waals surface area contributed by atoms with E-state index in [4.69, 9.17) is 0 Å². The van der Waals surface area contributed by atoms with Gasteiger partial charge in [-0.15, -0.1) is 0 Å². The van der Waals surface area contributed by atoms with Gasteiger partial charge in [0.2, 0.25) is 0 Å². The molecule has 9 aromatic rings. The predicted octanol–water partition coefficient (Wildman–Crippen LogP) is 10.9. The first-order chi connectivity index (χ1) is 18.8. The van der Waals surface area contributed by atoms with Gasteiger partial charge in [0, 0.05) is 0 Å². The highest BCUT2D eigenvalue weighted by Crippen LogP contribution is 2.45. The summed E-state index contributed by atoms with van der Waals surface area (Å²) >= 11 is 0. The number of fused-ring (bicyclic) bond motifs is 5. The lowest BCUT2D eigenvalue weighted by Gasteiger charge is -2.18. The second-order valence-corrected chi connectivity index (χ2v) is 10.5. The molecule has 0 aliphatic carbocycles. The van der Waals surface area contributed by atoms with Gasteiger partial charge in [-0.25, -0.2) is 0 Å². The van der Waals surface area contributed by atoms with Crippen LogP contribution in [-0.2, 0) is 0 Å². The van der Waals surface area contributed by atoms with Gasteiger partial charge in [0.1, 0.15) is 0 Å². The highest BCUT2D eigenvalue weighted by atomic mass is 14.2. The standard InChI is InChI=1S/C38H22/c1-2-8-26-20-29-22-35-27(21-28(29)19-25(26)7-1)12-6-13-30(35)33-18-17-24-11-4-15-32-31-14-3-9-23-10-5-16-34(36(23)31)38(33)37(24)32/h1-22H. The van der Waals surface area contributed by atoms with Crippen LogP contribution in [0.5, 0.6) is 0 Å². The Balaban J connectivity index is 1.46. The normalized spacial score (nSPS) is 12.2. The molecule has 0 nitrogen and oxygen atoms in total. The minimum atomic E-state index is 1.28. The van der Waals surface area contributed by atoms with Crippen LogP contribution in [0, 0.1) is 0 Å². The summed E-state index contributed by atoms with van der Waals surface area (Å²) in [6.07, 6.45) is 0. The summed E-state index contributed by atoms with van der Waals surface area (Å²) in [4.78, 5) is 0. The molecule has 9 aromatic carbocycles. The highest BCUT2D eigenvalue weighted by molar-refractivity contribution is 6.35. The van der Waals surface area contributed by atoms with E-state index in [9.17, 15) is 0 Å². The van der Waals surface area contributed by atoms with Crippen LogP contribution < -0.4 is 0 Å². The van der Waals surface area contributed by atoms with Crippen molar-refractivity contribution in [1.29, 1.82) is 0 Å². The maximum absolute atomic E-state index is 2.40. The van der Waals surface area contributed by atoms with Gasteiger partial charge >= 0.3 is 0 Å². The molecule has 0 bridgehead atoms. The van der Waals surface area contributed by atoms with E-state index in [-0.39, 0.29) is 0 Å². The molecule has 38 heavy (non-hydrogen) atoms. The first kappa shape index (κ1) is 20.2. The third-order valence-electron chi connectivity index (χ3n) is 8.50. The van der Waals surface area contributed by atoms with Crippen molar-refractivity contribution in [1.82, 2.24) is 0 Å². The second-order valence-electron chi connectivity index (χ2n) is 10.5. The third-order valence-corrected chi connectivity index (χ3v) is 8.50. The fourth-order valence-electron chi connectivity index (χ4n) is 6.84. The minimum absolute atomic E-state index is 1.28. The zero-order valence-electron chi connectivity index (χ0n) is 20.7. The molecule has 0 aliphatic rings. The molecule has 0 saturated carbocycles. The molecule has 0 radical (unpaired) electrons. The Morgan fingerprint density at radius 2 is 0.789 bits per heavy atom. The fraction of sp³-hybridized carbons (Fsp3) is 0. The van der Waals surface area contributed by atoms with Crippen molar-refractivity contribution in [2.45, 2.75) is 0 Å². The smallest absolute Gasteiger partial charge is 0.00139 e. The van der Waals surface area contributed by atoms with E-state index in [0.717, 1.165) is 0 Å². The van der Waals surface area contributed by atoms with E-state index in [0.29, 0.717) is 0 Å². The van der Waals surface area contributed by atoms with Gasteiger partial charge in [0.15, 0.2) is 0 Å². The Kier molecular flexibility index (Phi) is 3.88. The van der Waals surface area contributed by atoms with Crippen molar-refractivity contribution in [2.75, 3.05) is 0 Å². The number of hydrogen-bond acceptors (Lipinski definition) is 0. The predicted molar refractivity (Wildman–Crippen MR) is 166 cm³/mol. The lowest BCUT2D eigenvalue weighted by Crippen LogP contribution is -1.90. The number of rotatable bonds is 1. The van der Waals surface area contributed by atoms with E-state index in [1.165, 1.54) is 86.5 Å². The zero-order valence-corrected chi connectivity index (χ0v) is 20.7. The molecule has 0 N–H and O–H groups in total. The molecule has 0 amide bonds. The summed E-state index contributed by atoms with van der Waals surface area (Å²) < 4.78 is 0. The molecule has 0 fully saturated rings. The van der Waals surface area contributed by atoms with Crippen LogP contribution in [0.25, 0.3) is 86.5 Å². The van der Waals surface area contributed by atoms with Crippen LogP contribution in [0.15, 0.2) is 133 Å². The third kappa shape index (κ3) is 2.64. The molecule has 0 aliphatic heterocycles. The SMILES string of the molecule is c1ccc2cc3cc4c(-c5ccc6cccc7c8cccc9cccc(c5c67)c98)cccc4cc3cc2c1. The van der Waals surface area contributed by atoms with E-state index < -0.39 is 0 Å². The number of hydrogen-bond donors (Lipinski definition) is 0. The highest BCUT2D eigenvalue weighted by Gasteiger charge is 2.17. The average molecular weight is 479 g/mol. The van der Waals surface area contributed by atoms with Gasteiger partial charge in [0.05, 0.1) is 0 Å². The van der Waals surface area contributed by atoms with Crippen LogP contribution in [0.1, 0.15) is 0 Å². The molecular formula is C38H22. The molecule has 0 heteroatoms. The van der Waals surface area contributed by atoms with Crippen molar-refractivity contribution >= 4 is 75.4 Å². The fourth-order valence-corrected chi connectivity index (χ4v) is 6.84. The molecule has 9 rings (SSSR count). The second kappa shape index (κ2) is 7.31. The molecule has 174 valence electrons. The van der Waals surface area contributed by atoms with Crippen molar-refractivity contribution < 1.29 is 0 Å².